The van der Waals surface area contributed by atoms with Crippen molar-refractivity contribution in [3.8, 4) is 22.4 Å². The quantitative estimate of drug-likeness (QED) is 0.177. The highest BCUT2D eigenvalue weighted by Crippen LogP contribution is 2.48. The van der Waals surface area contributed by atoms with E-state index in [-0.39, 0.29) is 5.41 Å². The van der Waals surface area contributed by atoms with Gasteiger partial charge in [0.2, 0.25) is 0 Å². The molecule has 236 valence electrons. The van der Waals surface area contributed by atoms with E-state index in [0.717, 1.165) is 36.9 Å². The Kier molecular flexibility index (Phi) is 7.31. The molecule has 2 nitrogen and oxygen atoms in total. The van der Waals surface area contributed by atoms with Crippen LogP contribution in [0.15, 0.2) is 164 Å². The highest BCUT2D eigenvalue weighted by atomic mass is 14.7. The summed E-state index contributed by atoms with van der Waals surface area (Å²) in [5.41, 5.74) is 12.7. The number of rotatable bonds is 5. The van der Waals surface area contributed by atoms with Crippen LogP contribution in [0.4, 0.5) is 0 Å². The molecule has 4 aromatic carbocycles. The van der Waals surface area contributed by atoms with Gasteiger partial charge in [0.05, 0.1) is 5.69 Å². The molecule has 2 unspecified atom stereocenters. The van der Waals surface area contributed by atoms with E-state index in [9.17, 15) is 0 Å². The second-order valence-electron chi connectivity index (χ2n) is 13.9. The first kappa shape index (κ1) is 29.5. The zero-order chi connectivity index (χ0) is 32.8. The maximum atomic E-state index is 4.71. The number of pyridine rings is 2. The Balaban J connectivity index is 1.27. The lowest BCUT2D eigenvalue weighted by molar-refractivity contribution is 0.529. The molecule has 2 heterocycles. The molecule has 0 amide bonds. The van der Waals surface area contributed by atoms with Gasteiger partial charge in [0.15, 0.2) is 0 Å². The van der Waals surface area contributed by atoms with Crippen LogP contribution in [0, 0.1) is 5.41 Å². The topological polar surface area (TPSA) is 25.8 Å². The summed E-state index contributed by atoms with van der Waals surface area (Å²) in [4.78, 5) is 9.32. The van der Waals surface area contributed by atoms with E-state index < -0.39 is 0 Å². The van der Waals surface area contributed by atoms with Crippen molar-refractivity contribution < 1.29 is 0 Å². The smallest absolute Gasteiger partial charge is 0.0701 e. The van der Waals surface area contributed by atoms with Crippen molar-refractivity contribution in [3.05, 3.63) is 180 Å². The maximum absolute atomic E-state index is 4.71. The lowest BCUT2D eigenvalue weighted by Crippen LogP contribution is -2.19. The highest BCUT2D eigenvalue weighted by molar-refractivity contribution is 6.19. The van der Waals surface area contributed by atoms with Crippen LogP contribution < -0.4 is 0 Å². The zero-order valence-electron chi connectivity index (χ0n) is 27.8. The van der Waals surface area contributed by atoms with Gasteiger partial charge in [-0.3, -0.25) is 9.97 Å². The molecule has 3 aliphatic carbocycles. The minimum absolute atomic E-state index is 0.0174. The minimum Gasteiger partial charge on any atom is -0.261 e. The Morgan fingerprint density at radius 1 is 0.653 bits per heavy atom. The first-order valence-electron chi connectivity index (χ1n) is 17.5. The molecule has 2 aromatic heterocycles. The average molecular weight is 631 g/mol. The Labute approximate surface area is 288 Å². The fraction of sp³-hybridized carbons (Fsp3) is 0.149. The predicted octanol–water partition coefficient (Wildman–Crippen LogP) is 12.3. The van der Waals surface area contributed by atoms with Crippen molar-refractivity contribution in [2.45, 2.75) is 38.5 Å². The molecule has 0 saturated heterocycles. The van der Waals surface area contributed by atoms with Crippen LogP contribution in [0.2, 0.25) is 0 Å². The molecule has 9 rings (SSSR count). The zero-order valence-corrected chi connectivity index (χ0v) is 27.8. The van der Waals surface area contributed by atoms with Crippen LogP contribution in [0.3, 0.4) is 0 Å². The molecule has 0 radical (unpaired) electrons. The average Bonchev–Trinajstić information content (AvgIpc) is 3.17. The number of fused-ring (bicyclic) bond motifs is 3. The second kappa shape index (κ2) is 12.1. The van der Waals surface area contributed by atoms with Crippen molar-refractivity contribution in [3.63, 3.8) is 0 Å². The van der Waals surface area contributed by atoms with Crippen molar-refractivity contribution in [2.24, 2.45) is 5.41 Å². The van der Waals surface area contributed by atoms with E-state index in [0.29, 0.717) is 5.92 Å². The number of hydrogen-bond donors (Lipinski definition) is 0. The number of hydrogen-bond acceptors (Lipinski definition) is 2. The number of benzene rings is 4. The van der Waals surface area contributed by atoms with Gasteiger partial charge < -0.3 is 0 Å². The van der Waals surface area contributed by atoms with E-state index in [2.05, 4.69) is 139 Å². The molecule has 2 heteroatoms. The van der Waals surface area contributed by atoms with E-state index in [1.54, 1.807) is 0 Å². The Hall–Kier alpha value is -5.60. The summed E-state index contributed by atoms with van der Waals surface area (Å²) in [6.45, 7) is 2.36. The SMILES string of the molecule is CC12C=CC=CC1=C(c1ccc3c(C4=CCC(c5ccccn5)CC4)c4ccccc4c(-c4ccc(-c5ccccn5)cc4)c3c1)C=CC2. The molecule has 6 aromatic rings. The van der Waals surface area contributed by atoms with Crippen molar-refractivity contribution >= 4 is 32.7 Å². The minimum atomic E-state index is 0.0174. The highest BCUT2D eigenvalue weighted by Gasteiger charge is 2.30. The molecule has 0 fully saturated rings. The van der Waals surface area contributed by atoms with Crippen LogP contribution in [0.1, 0.15) is 55.3 Å². The summed E-state index contributed by atoms with van der Waals surface area (Å²) in [6.07, 6.45) is 24.2. The number of allylic oxidation sites excluding steroid dienone is 10. The molecular formula is C47H38N2. The molecule has 0 spiro atoms. The standard InChI is InChI=1S/C47H38N2/c1-47-27-7-4-14-42(47)37(13-10-28-47)36-25-26-40-41(31-36)46(35-23-19-33(20-24-35)44-16-6-9-30-49-44)39-12-3-2-11-38(39)45(40)34-21-17-32(18-22-34)43-15-5-8-29-48-43/h2-16,19-21,23-27,29-32H,17-18,22,28H2,1H3. The van der Waals surface area contributed by atoms with Crippen LogP contribution in [-0.2, 0) is 0 Å². The van der Waals surface area contributed by atoms with E-state index in [1.807, 2.05) is 30.6 Å². The lowest BCUT2D eigenvalue weighted by Gasteiger charge is -2.33. The molecule has 49 heavy (non-hydrogen) atoms. The Bertz CT molecular complexity index is 2370. The van der Waals surface area contributed by atoms with Gasteiger partial charge in [0, 0.05) is 35.0 Å². The van der Waals surface area contributed by atoms with Crippen LogP contribution in [-0.4, -0.2) is 9.97 Å². The molecule has 0 saturated carbocycles. The summed E-state index contributed by atoms with van der Waals surface area (Å²) in [7, 11) is 0. The van der Waals surface area contributed by atoms with Crippen molar-refractivity contribution in [2.75, 3.05) is 0 Å². The summed E-state index contributed by atoms with van der Waals surface area (Å²) in [5, 5.41) is 5.24. The number of nitrogens with zero attached hydrogens (tertiary/aromatic N) is 2. The van der Waals surface area contributed by atoms with Gasteiger partial charge >= 0.3 is 0 Å². The Morgan fingerprint density at radius 3 is 2.14 bits per heavy atom. The maximum Gasteiger partial charge on any atom is 0.0701 e. The lowest BCUT2D eigenvalue weighted by atomic mass is 9.70. The summed E-state index contributed by atoms with van der Waals surface area (Å²) in [5.74, 6) is 0.462. The molecule has 0 bridgehead atoms. The summed E-state index contributed by atoms with van der Waals surface area (Å²) >= 11 is 0. The normalized spacial score (nSPS) is 20.1. The molecule has 0 N–H and O–H groups in total. The van der Waals surface area contributed by atoms with Gasteiger partial charge in [0.1, 0.15) is 0 Å². The fourth-order valence-corrected chi connectivity index (χ4v) is 8.33. The van der Waals surface area contributed by atoms with E-state index in [4.69, 9.17) is 4.98 Å². The monoisotopic (exact) mass is 630 g/mol. The molecule has 3 aliphatic rings. The second-order valence-corrected chi connectivity index (χ2v) is 13.9. The van der Waals surface area contributed by atoms with Gasteiger partial charge in [-0.1, -0.05) is 122 Å². The first-order valence-corrected chi connectivity index (χ1v) is 17.5. The van der Waals surface area contributed by atoms with Gasteiger partial charge in [-0.15, -0.1) is 0 Å². The van der Waals surface area contributed by atoms with Crippen molar-refractivity contribution in [1.82, 2.24) is 9.97 Å². The third kappa shape index (κ3) is 5.20. The van der Waals surface area contributed by atoms with Gasteiger partial charge in [-0.25, -0.2) is 0 Å². The van der Waals surface area contributed by atoms with Gasteiger partial charge in [0.25, 0.3) is 0 Å². The van der Waals surface area contributed by atoms with Crippen LogP contribution in [0.5, 0.6) is 0 Å². The molecule has 0 aliphatic heterocycles. The van der Waals surface area contributed by atoms with E-state index in [1.165, 1.54) is 66.2 Å². The van der Waals surface area contributed by atoms with Crippen LogP contribution in [0.25, 0.3) is 55.1 Å². The first-order chi connectivity index (χ1) is 24.2. The summed E-state index contributed by atoms with van der Waals surface area (Å²) in [6, 6.07) is 37.7. The Morgan fingerprint density at radius 2 is 1.39 bits per heavy atom. The fourth-order valence-electron chi connectivity index (χ4n) is 8.33. The predicted molar refractivity (Wildman–Crippen MR) is 206 cm³/mol. The molecular weight excluding hydrogens is 593 g/mol. The largest absolute Gasteiger partial charge is 0.261 e. The third-order valence-corrected chi connectivity index (χ3v) is 10.9. The number of aromatic nitrogens is 2. The van der Waals surface area contributed by atoms with Gasteiger partial charge in [-0.2, -0.15) is 0 Å². The third-order valence-electron chi connectivity index (χ3n) is 10.9. The molecule has 2 atom stereocenters. The summed E-state index contributed by atoms with van der Waals surface area (Å²) < 4.78 is 0. The van der Waals surface area contributed by atoms with Gasteiger partial charge in [-0.05, 0) is 117 Å². The van der Waals surface area contributed by atoms with Crippen LogP contribution >= 0.6 is 0 Å². The van der Waals surface area contributed by atoms with E-state index >= 15 is 0 Å². The van der Waals surface area contributed by atoms with Crippen molar-refractivity contribution in [1.29, 1.82) is 0 Å².